The Balaban J connectivity index is 2.37. The van der Waals surface area contributed by atoms with Crippen LogP contribution in [0.25, 0.3) is 0 Å². The van der Waals surface area contributed by atoms with Crippen LogP contribution in [-0.4, -0.2) is 24.0 Å². The lowest BCUT2D eigenvalue weighted by Gasteiger charge is -2.34. The van der Waals surface area contributed by atoms with Gasteiger partial charge < -0.3 is 5.73 Å². The van der Waals surface area contributed by atoms with Crippen molar-refractivity contribution in [1.82, 2.24) is 4.90 Å². The van der Waals surface area contributed by atoms with Gasteiger partial charge in [-0.05, 0) is 44.0 Å². The molecule has 1 aliphatic rings. The highest BCUT2D eigenvalue weighted by Crippen LogP contribution is 2.31. The quantitative estimate of drug-likeness (QED) is 0.906. The SMILES string of the molecule is CCCN1CCCCC(N)C1c1ccccc1C#N. The summed E-state index contributed by atoms with van der Waals surface area (Å²) in [6.07, 6.45) is 4.56. The predicted octanol–water partition coefficient (Wildman–Crippen LogP) is 2.82. The van der Waals surface area contributed by atoms with Crippen LogP contribution >= 0.6 is 0 Å². The molecule has 0 aromatic heterocycles. The fraction of sp³-hybridized carbons (Fsp3) is 0.562. The molecule has 1 heterocycles. The van der Waals surface area contributed by atoms with Crippen LogP contribution < -0.4 is 5.73 Å². The second-order valence-electron chi connectivity index (χ2n) is 5.34. The van der Waals surface area contributed by atoms with E-state index in [-0.39, 0.29) is 12.1 Å². The highest BCUT2D eigenvalue weighted by molar-refractivity contribution is 5.40. The molecule has 102 valence electrons. The van der Waals surface area contributed by atoms with E-state index < -0.39 is 0 Å². The number of nitriles is 1. The first-order valence-corrected chi connectivity index (χ1v) is 7.26. The maximum Gasteiger partial charge on any atom is 0.0995 e. The third kappa shape index (κ3) is 3.15. The largest absolute Gasteiger partial charge is 0.326 e. The van der Waals surface area contributed by atoms with Crippen LogP contribution in [0, 0.1) is 11.3 Å². The van der Waals surface area contributed by atoms with Gasteiger partial charge in [-0.15, -0.1) is 0 Å². The van der Waals surface area contributed by atoms with E-state index in [1.165, 1.54) is 12.8 Å². The summed E-state index contributed by atoms with van der Waals surface area (Å²) < 4.78 is 0. The molecule has 2 rings (SSSR count). The van der Waals surface area contributed by atoms with Crippen molar-refractivity contribution in [1.29, 1.82) is 5.26 Å². The number of nitrogens with zero attached hydrogens (tertiary/aromatic N) is 2. The summed E-state index contributed by atoms with van der Waals surface area (Å²) in [6.45, 7) is 4.34. The van der Waals surface area contributed by atoms with E-state index in [0.717, 1.165) is 37.1 Å². The van der Waals surface area contributed by atoms with E-state index >= 15 is 0 Å². The topological polar surface area (TPSA) is 53.0 Å². The highest BCUT2D eigenvalue weighted by Gasteiger charge is 2.29. The Morgan fingerprint density at radius 3 is 2.89 bits per heavy atom. The number of hydrogen-bond acceptors (Lipinski definition) is 3. The zero-order valence-electron chi connectivity index (χ0n) is 11.7. The molecule has 19 heavy (non-hydrogen) atoms. The first-order valence-electron chi connectivity index (χ1n) is 7.26. The summed E-state index contributed by atoms with van der Waals surface area (Å²) in [4.78, 5) is 2.47. The molecule has 0 aliphatic carbocycles. The van der Waals surface area contributed by atoms with Crippen LogP contribution in [0.4, 0.5) is 0 Å². The molecule has 0 spiro atoms. The van der Waals surface area contributed by atoms with Crippen molar-refractivity contribution >= 4 is 0 Å². The fourth-order valence-corrected chi connectivity index (χ4v) is 3.08. The summed E-state index contributed by atoms with van der Waals surface area (Å²) in [5.74, 6) is 0. The van der Waals surface area contributed by atoms with Crippen LogP contribution in [0.1, 0.15) is 49.8 Å². The van der Waals surface area contributed by atoms with Crippen LogP contribution in [0.2, 0.25) is 0 Å². The number of hydrogen-bond donors (Lipinski definition) is 1. The molecule has 0 saturated carbocycles. The first kappa shape index (κ1) is 14.0. The summed E-state index contributed by atoms with van der Waals surface area (Å²) in [7, 11) is 0. The maximum atomic E-state index is 9.31. The standard InChI is InChI=1S/C16H23N3/c1-2-10-19-11-6-5-9-15(18)16(19)14-8-4-3-7-13(14)12-17/h3-4,7-8,15-16H,2,5-6,9-11,18H2,1H3. The summed E-state index contributed by atoms with van der Waals surface area (Å²) >= 11 is 0. The van der Waals surface area contributed by atoms with Gasteiger partial charge in [-0.25, -0.2) is 0 Å². The molecule has 0 bridgehead atoms. The zero-order chi connectivity index (χ0) is 13.7. The second-order valence-corrected chi connectivity index (χ2v) is 5.34. The number of likely N-dealkylation sites (tertiary alicyclic amines) is 1. The zero-order valence-corrected chi connectivity index (χ0v) is 11.7. The van der Waals surface area contributed by atoms with Gasteiger partial charge in [0, 0.05) is 6.04 Å². The first-order chi connectivity index (χ1) is 9.27. The lowest BCUT2D eigenvalue weighted by atomic mass is 9.93. The Morgan fingerprint density at radius 1 is 1.37 bits per heavy atom. The maximum absolute atomic E-state index is 9.31. The molecular formula is C16H23N3. The molecule has 3 nitrogen and oxygen atoms in total. The van der Waals surface area contributed by atoms with Crippen molar-refractivity contribution in [3.63, 3.8) is 0 Å². The second kappa shape index (κ2) is 6.70. The fourth-order valence-electron chi connectivity index (χ4n) is 3.08. The Hall–Kier alpha value is -1.37. The van der Waals surface area contributed by atoms with Gasteiger partial charge in [-0.2, -0.15) is 5.26 Å². The average molecular weight is 257 g/mol. The Morgan fingerprint density at radius 2 is 2.16 bits per heavy atom. The van der Waals surface area contributed by atoms with Crippen molar-refractivity contribution in [2.24, 2.45) is 5.73 Å². The molecular weight excluding hydrogens is 234 g/mol. The molecule has 2 unspecified atom stereocenters. The van der Waals surface area contributed by atoms with E-state index in [0.29, 0.717) is 0 Å². The summed E-state index contributed by atoms with van der Waals surface area (Å²) in [6, 6.07) is 10.5. The number of rotatable bonds is 3. The lowest BCUT2D eigenvalue weighted by Crippen LogP contribution is -2.40. The van der Waals surface area contributed by atoms with Gasteiger partial charge in [0.25, 0.3) is 0 Å². The van der Waals surface area contributed by atoms with Gasteiger partial charge in [0.05, 0.1) is 17.7 Å². The van der Waals surface area contributed by atoms with Crippen molar-refractivity contribution in [3.8, 4) is 6.07 Å². The molecule has 1 aromatic rings. The van der Waals surface area contributed by atoms with E-state index in [2.05, 4.69) is 24.0 Å². The molecule has 0 radical (unpaired) electrons. The smallest absolute Gasteiger partial charge is 0.0995 e. The molecule has 3 heteroatoms. The molecule has 2 atom stereocenters. The molecule has 1 fully saturated rings. The Labute approximate surface area is 116 Å². The van der Waals surface area contributed by atoms with Crippen molar-refractivity contribution in [2.75, 3.05) is 13.1 Å². The van der Waals surface area contributed by atoms with Crippen molar-refractivity contribution in [2.45, 2.75) is 44.7 Å². The van der Waals surface area contributed by atoms with Gasteiger partial charge >= 0.3 is 0 Å². The molecule has 2 N–H and O–H groups in total. The lowest BCUT2D eigenvalue weighted by molar-refractivity contribution is 0.185. The summed E-state index contributed by atoms with van der Waals surface area (Å²) in [5, 5.41) is 9.31. The molecule has 1 saturated heterocycles. The van der Waals surface area contributed by atoms with Gasteiger partial charge in [-0.3, -0.25) is 4.90 Å². The minimum absolute atomic E-state index is 0.128. The predicted molar refractivity (Wildman–Crippen MR) is 77.6 cm³/mol. The third-order valence-corrected chi connectivity index (χ3v) is 3.94. The summed E-state index contributed by atoms with van der Waals surface area (Å²) in [5.41, 5.74) is 8.28. The van der Waals surface area contributed by atoms with Crippen LogP contribution in [0.15, 0.2) is 24.3 Å². The van der Waals surface area contributed by atoms with Crippen molar-refractivity contribution in [3.05, 3.63) is 35.4 Å². The Kier molecular flexibility index (Phi) is 4.95. The minimum atomic E-state index is 0.128. The normalized spacial score (nSPS) is 24.7. The van der Waals surface area contributed by atoms with E-state index in [4.69, 9.17) is 5.73 Å². The van der Waals surface area contributed by atoms with Gasteiger partial charge in [0.2, 0.25) is 0 Å². The van der Waals surface area contributed by atoms with E-state index in [1.54, 1.807) is 0 Å². The number of benzene rings is 1. The number of nitrogens with two attached hydrogens (primary N) is 1. The molecule has 1 aromatic carbocycles. The van der Waals surface area contributed by atoms with Crippen LogP contribution in [-0.2, 0) is 0 Å². The Bertz CT molecular complexity index is 450. The van der Waals surface area contributed by atoms with E-state index in [9.17, 15) is 5.26 Å². The van der Waals surface area contributed by atoms with Crippen LogP contribution in [0.3, 0.4) is 0 Å². The van der Waals surface area contributed by atoms with Gasteiger partial charge in [-0.1, -0.05) is 31.5 Å². The van der Waals surface area contributed by atoms with Crippen LogP contribution in [0.5, 0.6) is 0 Å². The highest BCUT2D eigenvalue weighted by atomic mass is 15.2. The van der Waals surface area contributed by atoms with Gasteiger partial charge in [0.15, 0.2) is 0 Å². The van der Waals surface area contributed by atoms with E-state index in [1.807, 2.05) is 18.2 Å². The average Bonchev–Trinajstić information content (AvgIpc) is 2.61. The molecule has 1 aliphatic heterocycles. The molecule has 0 amide bonds. The monoisotopic (exact) mass is 257 g/mol. The van der Waals surface area contributed by atoms with Gasteiger partial charge in [0.1, 0.15) is 0 Å². The minimum Gasteiger partial charge on any atom is -0.326 e. The van der Waals surface area contributed by atoms with Crippen molar-refractivity contribution < 1.29 is 0 Å². The third-order valence-electron chi connectivity index (χ3n) is 3.94.